The predicted octanol–water partition coefficient (Wildman–Crippen LogP) is 7.61. The second kappa shape index (κ2) is 13.3. The molecule has 0 saturated heterocycles. The van der Waals surface area contributed by atoms with Crippen molar-refractivity contribution in [2.45, 2.75) is 11.7 Å². The van der Waals surface area contributed by atoms with Crippen LogP contribution >= 0.6 is 11.9 Å². The molecule has 1 aromatic heterocycles. The van der Waals surface area contributed by atoms with E-state index in [9.17, 15) is 10.1 Å². The Hall–Kier alpha value is -5.69. The molecule has 45 heavy (non-hydrogen) atoms. The van der Waals surface area contributed by atoms with Crippen LogP contribution in [-0.2, 0) is 0 Å². The number of nitro groups is 1. The molecule has 6 rings (SSSR count). The number of non-ortho nitro benzene ring substituents is 1. The zero-order valence-corrected chi connectivity index (χ0v) is 25.1. The average molecular weight is 621 g/mol. The number of hydrogen-bond acceptors (Lipinski definition) is 12. The number of anilines is 6. The van der Waals surface area contributed by atoms with Gasteiger partial charge in [-0.25, -0.2) is 4.40 Å². The van der Waals surface area contributed by atoms with Gasteiger partial charge >= 0.3 is 0 Å². The maximum absolute atomic E-state index is 11.2. The number of rotatable bonds is 11. The van der Waals surface area contributed by atoms with Crippen LogP contribution in [0.3, 0.4) is 0 Å². The van der Waals surface area contributed by atoms with E-state index in [4.69, 9.17) is 9.47 Å². The molecule has 0 radical (unpaired) electrons. The van der Waals surface area contributed by atoms with Gasteiger partial charge in [-0.15, -0.1) is 0 Å². The maximum Gasteiger partial charge on any atom is 0.269 e. The smallest absolute Gasteiger partial charge is 0.269 e. The van der Waals surface area contributed by atoms with Crippen molar-refractivity contribution >= 4 is 58.3 Å². The van der Waals surface area contributed by atoms with Gasteiger partial charge in [0.05, 0.1) is 30.1 Å². The molecule has 4 aromatic carbocycles. The zero-order chi connectivity index (χ0) is 31.2. The van der Waals surface area contributed by atoms with Crippen molar-refractivity contribution in [2.75, 3.05) is 30.2 Å². The summed E-state index contributed by atoms with van der Waals surface area (Å²) in [7, 11) is 3.24. The van der Waals surface area contributed by atoms with Crippen LogP contribution in [0.5, 0.6) is 11.5 Å². The fourth-order valence-electron chi connectivity index (χ4n) is 4.59. The summed E-state index contributed by atoms with van der Waals surface area (Å²) in [5.74, 6) is 2.50. The van der Waals surface area contributed by atoms with Crippen LogP contribution in [0.25, 0.3) is 0 Å². The first-order valence-electron chi connectivity index (χ1n) is 13.9. The van der Waals surface area contributed by atoms with E-state index in [0.717, 1.165) is 45.4 Å². The normalized spacial score (nSPS) is 13.9. The van der Waals surface area contributed by atoms with Crippen molar-refractivity contribution in [1.29, 1.82) is 0 Å². The molecule has 0 saturated carbocycles. The first kappa shape index (κ1) is 29.4. The highest BCUT2D eigenvalue weighted by atomic mass is 32.2. The quantitative estimate of drug-likeness (QED) is 0.0761. The Labute approximate surface area is 263 Å². The van der Waals surface area contributed by atoms with Crippen LogP contribution in [0.4, 0.5) is 40.6 Å². The number of nitrogens with zero attached hydrogens (tertiary/aromatic N) is 5. The summed E-state index contributed by atoms with van der Waals surface area (Å²) >= 11 is 1.43. The van der Waals surface area contributed by atoms with Gasteiger partial charge in [0.25, 0.3) is 5.69 Å². The molecule has 1 aliphatic rings. The molecular weight excluding hydrogens is 592 g/mol. The largest absolute Gasteiger partial charge is 0.497 e. The Morgan fingerprint density at radius 1 is 0.733 bits per heavy atom. The highest BCUT2D eigenvalue weighted by Gasteiger charge is 2.24. The Morgan fingerprint density at radius 3 is 1.69 bits per heavy atom. The molecular formula is C32H28N8O4S. The van der Waals surface area contributed by atoms with E-state index >= 15 is 0 Å². The molecule has 1 aliphatic heterocycles. The van der Waals surface area contributed by atoms with Gasteiger partial charge in [0, 0.05) is 35.6 Å². The van der Waals surface area contributed by atoms with Gasteiger partial charge in [0.1, 0.15) is 11.5 Å². The van der Waals surface area contributed by atoms with E-state index in [1.807, 2.05) is 78.9 Å². The lowest BCUT2D eigenvalue weighted by molar-refractivity contribution is -0.384. The van der Waals surface area contributed by atoms with Crippen molar-refractivity contribution in [3.8, 4) is 11.5 Å². The molecule has 0 spiro atoms. The SMILES string of the molecule is COc1ccc(Nc2nc(Nc3ccc(OC)cc3)nc(Nc3ccc(C4=NSC(c5cccc([N+](=O)[O-])c5)C4)cc3)n2)cc1. The number of nitro benzene ring substituents is 1. The summed E-state index contributed by atoms with van der Waals surface area (Å²) in [4.78, 5) is 24.6. The molecule has 2 heterocycles. The first-order chi connectivity index (χ1) is 21.9. The summed E-state index contributed by atoms with van der Waals surface area (Å²) in [6.07, 6.45) is 0.673. The monoisotopic (exact) mass is 620 g/mol. The minimum absolute atomic E-state index is 0.0242. The minimum atomic E-state index is -0.376. The molecule has 0 aliphatic carbocycles. The number of methoxy groups -OCH3 is 2. The van der Waals surface area contributed by atoms with Crippen LogP contribution in [0.15, 0.2) is 101 Å². The second-order valence-corrected chi connectivity index (χ2v) is 10.9. The van der Waals surface area contributed by atoms with Gasteiger partial charge in [-0.1, -0.05) is 24.3 Å². The van der Waals surface area contributed by atoms with Crippen LogP contribution in [0.1, 0.15) is 22.8 Å². The van der Waals surface area contributed by atoms with Gasteiger partial charge in [0.15, 0.2) is 0 Å². The molecule has 13 heteroatoms. The topological polar surface area (TPSA) is 149 Å². The molecule has 0 fully saturated rings. The molecule has 0 bridgehead atoms. The standard InChI is InChI=1S/C32H28N8O4S/c1-43-26-14-10-23(11-15-26)34-31-36-30(37-32(38-31)35-24-12-16-27(44-2)17-13-24)33-22-8-6-20(7-9-22)28-19-29(45-39-28)21-4-3-5-25(18-21)40(41)42/h3-18,29H,19H2,1-2H3,(H3,33,34,35,36,37,38). The van der Waals surface area contributed by atoms with E-state index in [2.05, 4.69) is 35.3 Å². The molecule has 1 atom stereocenters. The third-order valence-electron chi connectivity index (χ3n) is 6.92. The lowest BCUT2D eigenvalue weighted by atomic mass is 10.0. The lowest BCUT2D eigenvalue weighted by Crippen LogP contribution is -2.07. The van der Waals surface area contributed by atoms with Crippen molar-refractivity contribution in [1.82, 2.24) is 15.0 Å². The summed E-state index contributed by atoms with van der Waals surface area (Å²) in [6, 6.07) is 29.4. The molecule has 12 nitrogen and oxygen atoms in total. The highest BCUT2D eigenvalue weighted by Crippen LogP contribution is 2.41. The van der Waals surface area contributed by atoms with E-state index in [1.165, 1.54) is 18.0 Å². The van der Waals surface area contributed by atoms with Gasteiger partial charge < -0.3 is 25.4 Å². The summed E-state index contributed by atoms with van der Waals surface area (Å²) in [5, 5.41) is 20.9. The predicted molar refractivity (Wildman–Crippen MR) is 177 cm³/mol. The van der Waals surface area contributed by atoms with Crippen molar-refractivity contribution in [3.05, 3.63) is 118 Å². The van der Waals surface area contributed by atoms with Crippen LogP contribution in [0.2, 0.25) is 0 Å². The van der Waals surface area contributed by atoms with Gasteiger partial charge in [0.2, 0.25) is 17.8 Å². The van der Waals surface area contributed by atoms with E-state index in [-0.39, 0.29) is 15.9 Å². The lowest BCUT2D eigenvalue weighted by Gasteiger charge is -2.12. The van der Waals surface area contributed by atoms with Crippen molar-refractivity contribution in [2.24, 2.45) is 4.40 Å². The molecule has 3 N–H and O–H groups in total. The molecule has 1 unspecified atom stereocenters. The minimum Gasteiger partial charge on any atom is -0.497 e. The first-order valence-corrected chi connectivity index (χ1v) is 14.7. The van der Waals surface area contributed by atoms with E-state index in [0.29, 0.717) is 24.3 Å². The number of nitrogens with one attached hydrogen (secondary N) is 3. The maximum atomic E-state index is 11.2. The number of benzene rings is 4. The van der Waals surface area contributed by atoms with Crippen LogP contribution in [-0.4, -0.2) is 39.8 Å². The van der Waals surface area contributed by atoms with Gasteiger partial charge in [-0.2, -0.15) is 15.0 Å². The molecule has 5 aromatic rings. The summed E-state index contributed by atoms with van der Waals surface area (Å²) in [6.45, 7) is 0. The number of ether oxygens (including phenoxy) is 2. The van der Waals surface area contributed by atoms with E-state index in [1.54, 1.807) is 26.4 Å². The van der Waals surface area contributed by atoms with E-state index < -0.39 is 0 Å². The Kier molecular flexibility index (Phi) is 8.69. The second-order valence-electron chi connectivity index (χ2n) is 9.90. The third kappa shape index (κ3) is 7.28. The number of hydrogen-bond donors (Lipinski definition) is 3. The fraction of sp³-hybridized carbons (Fsp3) is 0.125. The molecule has 0 amide bonds. The Bertz CT molecular complexity index is 1770. The van der Waals surface area contributed by atoms with Gasteiger partial charge in [-0.3, -0.25) is 10.1 Å². The summed E-state index contributed by atoms with van der Waals surface area (Å²) < 4.78 is 15.2. The summed E-state index contributed by atoms with van der Waals surface area (Å²) in [5.41, 5.74) is 5.22. The van der Waals surface area contributed by atoms with Crippen LogP contribution in [0, 0.1) is 10.1 Å². The Morgan fingerprint density at radius 2 is 1.22 bits per heavy atom. The highest BCUT2D eigenvalue weighted by molar-refractivity contribution is 7.98. The van der Waals surface area contributed by atoms with Crippen molar-refractivity contribution in [3.63, 3.8) is 0 Å². The average Bonchev–Trinajstić information content (AvgIpc) is 3.56. The Balaban J connectivity index is 1.18. The fourth-order valence-corrected chi connectivity index (χ4v) is 5.53. The molecule has 226 valence electrons. The van der Waals surface area contributed by atoms with Crippen LogP contribution < -0.4 is 25.4 Å². The van der Waals surface area contributed by atoms with Crippen molar-refractivity contribution < 1.29 is 14.4 Å². The third-order valence-corrected chi connectivity index (χ3v) is 7.94. The van der Waals surface area contributed by atoms with Gasteiger partial charge in [-0.05, 0) is 83.7 Å². The number of aromatic nitrogens is 3. The zero-order valence-electron chi connectivity index (χ0n) is 24.3.